The van der Waals surface area contributed by atoms with Gasteiger partial charge in [-0.25, -0.2) is 4.39 Å². The summed E-state index contributed by atoms with van der Waals surface area (Å²) in [5.74, 6) is -0.970. The van der Waals surface area contributed by atoms with Gasteiger partial charge in [0.1, 0.15) is 17.4 Å². The van der Waals surface area contributed by atoms with E-state index in [4.69, 9.17) is 11.6 Å². The van der Waals surface area contributed by atoms with Crippen molar-refractivity contribution in [1.29, 1.82) is 0 Å². The number of rotatable bonds is 2. The van der Waals surface area contributed by atoms with Gasteiger partial charge in [-0.05, 0) is 32.9 Å². The summed E-state index contributed by atoms with van der Waals surface area (Å²) in [5, 5.41) is 2.91. The van der Waals surface area contributed by atoms with Gasteiger partial charge in [-0.15, -0.1) is 0 Å². The molecule has 4 nitrogen and oxygen atoms in total. The number of hydrogen-bond acceptors (Lipinski definition) is 2. The first-order valence-corrected chi connectivity index (χ1v) is 6.67. The summed E-state index contributed by atoms with van der Waals surface area (Å²) >= 11 is 5.71. The van der Waals surface area contributed by atoms with Gasteiger partial charge in [0.25, 0.3) is 0 Å². The SMILES string of the molecule is CC1NC(=O)C(C)(C)N(Cc2ccc(Cl)cc2F)C1=O. The highest BCUT2D eigenvalue weighted by molar-refractivity contribution is 6.30. The van der Waals surface area contributed by atoms with Gasteiger partial charge in [-0.2, -0.15) is 0 Å². The van der Waals surface area contributed by atoms with Crippen LogP contribution in [0.5, 0.6) is 0 Å². The summed E-state index contributed by atoms with van der Waals surface area (Å²) in [6.45, 7) is 4.92. The lowest BCUT2D eigenvalue weighted by Crippen LogP contribution is -2.67. The van der Waals surface area contributed by atoms with Crippen molar-refractivity contribution < 1.29 is 14.0 Å². The third kappa shape index (κ3) is 2.50. The van der Waals surface area contributed by atoms with Crippen LogP contribution in [0.3, 0.4) is 0 Å². The Bertz CT molecular complexity index is 574. The molecule has 1 N–H and O–H groups in total. The molecule has 2 amide bonds. The number of nitrogens with one attached hydrogen (secondary N) is 1. The largest absolute Gasteiger partial charge is 0.343 e. The Balaban J connectivity index is 2.33. The molecule has 2 rings (SSSR count). The fourth-order valence-corrected chi connectivity index (χ4v) is 2.32. The van der Waals surface area contributed by atoms with E-state index in [9.17, 15) is 14.0 Å². The summed E-state index contributed by atoms with van der Waals surface area (Å²) in [4.78, 5) is 25.6. The predicted octanol–water partition coefficient (Wildman–Crippen LogP) is 2.10. The van der Waals surface area contributed by atoms with E-state index in [0.29, 0.717) is 10.6 Å². The summed E-state index contributed by atoms with van der Waals surface area (Å²) in [6, 6.07) is 3.68. The molecular weight excluding hydrogens is 283 g/mol. The van der Waals surface area contributed by atoms with E-state index < -0.39 is 17.4 Å². The van der Waals surface area contributed by atoms with Gasteiger partial charge in [0.15, 0.2) is 0 Å². The molecule has 1 unspecified atom stereocenters. The Kier molecular flexibility index (Phi) is 3.73. The van der Waals surface area contributed by atoms with Crippen molar-refractivity contribution in [2.45, 2.75) is 38.9 Å². The molecule has 1 aromatic rings. The molecule has 0 saturated carbocycles. The van der Waals surface area contributed by atoms with E-state index in [0.717, 1.165) is 0 Å². The minimum Gasteiger partial charge on any atom is -0.343 e. The van der Waals surface area contributed by atoms with E-state index in [-0.39, 0.29) is 18.4 Å². The second-order valence-corrected chi connectivity index (χ2v) is 5.85. The van der Waals surface area contributed by atoms with Crippen LogP contribution in [0.2, 0.25) is 5.02 Å². The summed E-state index contributed by atoms with van der Waals surface area (Å²) in [7, 11) is 0. The van der Waals surface area contributed by atoms with Crippen LogP contribution in [0.15, 0.2) is 18.2 Å². The molecule has 0 spiro atoms. The third-order valence-corrected chi connectivity index (χ3v) is 3.79. The lowest BCUT2D eigenvalue weighted by Gasteiger charge is -2.43. The van der Waals surface area contributed by atoms with Crippen molar-refractivity contribution in [3.8, 4) is 0 Å². The van der Waals surface area contributed by atoms with E-state index in [1.54, 1.807) is 26.8 Å². The molecule has 1 heterocycles. The van der Waals surface area contributed by atoms with Gasteiger partial charge in [-0.1, -0.05) is 17.7 Å². The molecule has 0 bridgehead atoms. The highest BCUT2D eigenvalue weighted by Crippen LogP contribution is 2.25. The molecular formula is C14H16ClFN2O2. The summed E-state index contributed by atoms with van der Waals surface area (Å²) < 4.78 is 13.9. The standard InChI is InChI=1S/C14H16ClFN2O2/c1-8-12(19)18(14(2,3)13(20)17-8)7-9-4-5-10(15)6-11(9)16/h4-6,8H,7H2,1-3H3,(H,17,20). The number of halogens is 2. The smallest absolute Gasteiger partial charge is 0.246 e. The molecule has 1 fully saturated rings. The van der Waals surface area contributed by atoms with E-state index in [1.807, 2.05) is 0 Å². The molecule has 1 atom stereocenters. The number of benzene rings is 1. The normalized spacial score (nSPS) is 21.9. The zero-order valence-electron chi connectivity index (χ0n) is 11.5. The molecule has 1 saturated heterocycles. The van der Waals surface area contributed by atoms with E-state index in [2.05, 4.69) is 5.32 Å². The Morgan fingerprint density at radius 2 is 2.05 bits per heavy atom. The van der Waals surface area contributed by atoms with Crippen LogP contribution in [0, 0.1) is 5.82 Å². The van der Waals surface area contributed by atoms with Gasteiger partial charge in [0.2, 0.25) is 11.8 Å². The fourth-order valence-electron chi connectivity index (χ4n) is 2.16. The predicted molar refractivity (Wildman–Crippen MR) is 73.6 cm³/mol. The van der Waals surface area contributed by atoms with Gasteiger partial charge in [0, 0.05) is 17.1 Å². The quantitative estimate of drug-likeness (QED) is 0.909. The first-order chi connectivity index (χ1) is 9.23. The van der Waals surface area contributed by atoms with Crippen LogP contribution in [-0.2, 0) is 16.1 Å². The third-order valence-electron chi connectivity index (χ3n) is 3.56. The van der Waals surface area contributed by atoms with Crippen LogP contribution in [-0.4, -0.2) is 28.3 Å². The number of nitrogens with zero attached hydrogens (tertiary/aromatic N) is 1. The average Bonchev–Trinajstić information content (AvgIpc) is 2.35. The van der Waals surface area contributed by atoms with Crippen molar-refractivity contribution in [1.82, 2.24) is 10.2 Å². The second kappa shape index (κ2) is 5.05. The van der Waals surface area contributed by atoms with Gasteiger partial charge >= 0.3 is 0 Å². The topological polar surface area (TPSA) is 49.4 Å². The number of amides is 2. The number of carbonyl (C=O) groups excluding carboxylic acids is 2. The maximum absolute atomic E-state index is 13.9. The summed E-state index contributed by atoms with van der Waals surface area (Å²) in [5.41, 5.74) is -0.687. The molecule has 108 valence electrons. The van der Waals surface area contributed by atoms with E-state index >= 15 is 0 Å². The zero-order chi connectivity index (χ0) is 15.1. The number of carbonyl (C=O) groups is 2. The van der Waals surface area contributed by atoms with Crippen molar-refractivity contribution in [3.05, 3.63) is 34.6 Å². The van der Waals surface area contributed by atoms with Crippen molar-refractivity contribution >= 4 is 23.4 Å². The van der Waals surface area contributed by atoms with Crippen LogP contribution < -0.4 is 5.32 Å². The Labute approximate surface area is 121 Å². The molecule has 1 aliphatic heterocycles. The molecule has 0 aromatic heterocycles. The van der Waals surface area contributed by atoms with Crippen LogP contribution in [0.25, 0.3) is 0 Å². The Morgan fingerprint density at radius 1 is 1.40 bits per heavy atom. The van der Waals surface area contributed by atoms with Crippen LogP contribution in [0.1, 0.15) is 26.3 Å². The summed E-state index contributed by atoms with van der Waals surface area (Å²) in [6.07, 6.45) is 0. The molecule has 6 heteroatoms. The average molecular weight is 299 g/mol. The molecule has 0 radical (unpaired) electrons. The minimum absolute atomic E-state index is 0.0343. The highest BCUT2D eigenvalue weighted by Gasteiger charge is 2.44. The van der Waals surface area contributed by atoms with Crippen molar-refractivity contribution in [2.75, 3.05) is 0 Å². The second-order valence-electron chi connectivity index (χ2n) is 5.41. The maximum Gasteiger partial charge on any atom is 0.246 e. The van der Waals surface area contributed by atoms with Gasteiger partial charge in [0.05, 0.1) is 0 Å². The highest BCUT2D eigenvalue weighted by atomic mass is 35.5. The number of piperazine rings is 1. The molecule has 0 aliphatic carbocycles. The van der Waals surface area contributed by atoms with Crippen molar-refractivity contribution in [2.24, 2.45) is 0 Å². The maximum atomic E-state index is 13.9. The van der Waals surface area contributed by atoms with Crippen LogP contribution in [0.4, 0.5) is 4.39 Å². The Hall–Kier alpha value is -1.62. The first-order valence-electron chi connectivity index (χ1n) is 6.30. The first kappa shape index (κ1) is 14.8. The Morgan fingerprint density at radius 3 is 2.65 bits per heavy atom. The lowest BCUT2D eigenvalue weighted by molar-refractivity contribution is -0.155. The molecule has 1 aromatic carbocycles. The van der Waals surface area contributed by atoms with Gasteiger partial charge in [-0.3, -0.25) is 9.59 Å². The van der Waals surface area contributed by atoms with Crippen LogP contribution >= 0.6 is 11.6 Å². The fraction of sp³-hybridized carbons (Fsp3) is 0.429. The zero-order valence-corrected chi connectivity index (χ0v) is 12.3. The lowest BCUT2D eigenvalue weighted by atomic mass is 9.95. The molecule has 1 aliphatic rings. The molecule has 20 heavy (non-hydrogen) atoms. The monoisotopic (exact) mass is 298 g/mol. The van der Waals surface area contributed by atoms with Gasteiger partial charge < -0.3 is 10.2 Å². The number of hydrogen-bond donors (Lipinski definition) is 1. The minimum atomic E-state index is -1.02. The van der Waals surface area contributed by atoms with Crippen molar-refractivity contribution in [3.63, 3.8) is 0 Å². The van der Waals surface area contributed by atoms with E-state index in [1.165, 1.54) is 17.0 Å².